The Morgan fingerprint density at radius 3 is 2.77 bits per heavy atom. The lowest BCUT2D eigenvalue weighted by molar-refractivity contribution is 0.392. The van der Waals surface area contributed by atoms with Gasteiger partial charge in [0.15, 0.2) is 6.29 Å². The van der Waals surface area contributed by atoms with E-state index >= 15 is 0 Å². The number of aliphatic imine (C=N–C) groups is 1. The van der Waals surface area contributed by atoms with E-state index in [0.717, 1.165) is 28.3 Å². The average molecular weight is 415 g/mol. The topological polar surface area (TPSA) is 48.5 Å². The molecule has 5 heteroatoms. The molecule has 3 rings (SSSR count). The summed E-state index contributed by atoms with van der Waals surface area (Å²) in [5, 5.41) is 10.3. The fourth-order valence-corrected chi connectivity index (χ4v) is 3.41. The minimum Gasteiger partial charge on any atom is -0.342 e. The molecule has 2 aliphatic rings. The average Bonchev–Trinajstić information content (AvgIpc) is 3.48. The van der Waals surface area contributed by atoms with Crippen LogP contribution in [0.3, 0.4) is 0 Å². The summed E-state index contributed by atoms with van der Waals surface area (Å²) in [6.07, 6.45) is 7.37. The first-order chi connectivity index (χ1) is 12.6. The van der Waals surface area contributed by atoms with Crippen LogP contribution < -0.4 is 16.0 Å². The summed E-state index contributed by atoms with van der Waals surface area (Å²) in [5.74, 6) is 1.63. The molecule has 0 radical (unpaired) electrons. The van der Waals surface area contributed by atoms with E-state index in [4.69, 9.17) is 0 Å². The van der Waals surface area contributed by atoms with Crippen molar-refractivity contribution in [1.29, 1.82) is 0 Å². The number of hydrogen-bond donors (Lipinski definition) is 3. The summed E-state index contributed by atoms with van der Waals surface area (Å²) < 4.78 is 0.891. The van der Waals surface area contributed by atoms with Gasteiger partial charge in [0.25, 0.3) is 0 Å². The van der Waals surface area contributed by atoms with E-state index in [1.807, 2.05) is 12.3 Å². The van der Waals surface area contributed by atoms with Crippen LogP contribution >= 0.6 is 15.9 Å². The second-order valence-corrected chi connectivity index (χ2v) is 7.75. The van der Waals surface area contributed by atoms with Gasteiger partial charge in [-0.15, -0.1) is 0 Å². The molecule has 1 aliphatic carbocycles. The zero-order valence-electron chi connectivity index (χ0n) is 15.4. The van der Waals surface area contributed by atoms with Crippen molar-refractivity contribution in [2.75, 3.05) is 0 Å². The highest BCUT2D eigenvalue weighted by Gasteiger charge is 2.23. The van der Waals surface area contributed by atoms with Crippen molar-refractivity contribution in [2.24, 2.45) is 10.9 Å². The number of rotatable bonds is 8. The van der Waals surface area contributed by atoms with Gasteiger partial charge >= 0.3 is 0 Å². The molecule has 0 spiro atoms. The first-order valence-corrected chi connectivity index (χ1v) is 10.0. The molecule has 1 aromatic rings. The van der Waals surface area contributed by atoms with Gasteiger partial charge < -0.3 is 10.6 Å². The van der Waals surface area contributed by atoms with Crippen LogP contribution in [0.15, 0.2) is 69.6 Å². The predicted octanol–water partition coefficient (Wildman–Crippen LogP) is 4.71. The van der Waals surface area contributed by atoms with Crippen LogP contribution in [0.25, 0.3) is 0 Å². The molecule has 1 aromatic carbocycles. The van der Waals surface area contributed by atoms with Gasteiger partial charge in [-0.2, -0.15) is 0 Å². The van der Waals surface area contributed by atoms with Crippen LogP contribution in [0, 0.1) is 5.92 Å². The maximum atomic E-state index is 4.54. The van der Waals surface area contributed by atoms with Crippen molar-refractivity contribution in [3.05, 3.63) is 70.1 Å². The van der Waals surface area contributed by atoms with Gasteiger partial charge in [-0.05, 0) is 59.7 Å². The van der Waals surface area contributed by atoms with Crippen molar-refractivity contribution >= 4 is 22.1 Å². The maximum Gasteiger partial charge on any atom is 0.175 e. The monoisotopic (exact) mass is 414 g/mol. The van der Waals surface area contributed by atoms with Crippen LogP contribution in [-0.2, 0) is 0 Å². The number of nitrogens with one attached hydrogen (secondary N) is 3. The van der Waals surface area contributed by atoms with Gasteiger partial charge in [0.1, 0.15) is 5.82 Å². The molecule has 1 saturated carbocycles. The third-order valence-electron chi connectivity index (χ3n) is 4.73. The number of hydrogen-bond acceptors (Lipinski definition) is 4. The molecule has 4 nitrogen and oxygen atoms in total. The molecule has 1 aliphatic heterocycles. The SMILES string of the molecule is C=C(/C=C(\C)C1CC1)NC1=C(Br)C=NC(NC(CC)c2ccccc2)N1. The number of nitrogens with zero attached hydrogens (tertiary/aromatic N) is 1. The predicted molar refractivity (Wildman–Crippen MR) is 113 cm³/mol. The third-order valence-corrected chi connectivity index (χ3v) is 5.34. The zero-order valence-corrected chi connectivity index (χ0v) is 17.0. The molecule has 1 fully saturated rings. The highest BCUT2D eigenvalue weighted by Crippen LogP contribution is 2.36. The van der Waals surface area contributed by atoms with E-state index < -0.39 is 0 Å². The Hall–Kier alpha value is -1.85. The minimum atomic E-state index is -0.190. The molecule has 0 amide bonds. The number of allylic oxidation sites excluding steroid dienone is 3. The van der Waals surface area contributed by atoms with Crippen molar-refractivity contribution in [2.45, 2.75) is 45.4 Å². The summed E-state index contributed by atoms with van der Waals surface area (Å²) in [4.78, 5) is 4.54. The standard InChI is InChI=1S/C21H27BrN4/c1-4-19(17-8-6-5-7-9-17)25-21-23-13-18(22)20(26-21)24-15(3)12-14(2)16-10-11-16/h5-9,12-13,16,19,21,24-26H,3-4,10-11H2,1-2H3/b14-12+. The lowest BCUT2D eigenvalue weighted by Crippen LogP contribution is -2.46. The fraction of sp³-hybridized carbons (Fsp3) is 0.381. The quantitative estimate of drug-likeness (QED) is 0.539. The Kier molecular flexibility index (Phi) is 6.33. The summed E-state index contributed by atoms with van der Waals surface area (Å²) in [7, 11) is 0. The molecule has 0 saturated heterocycles. The van der Waals surface area contributed by atoms with Crippen LogP contribution in [0.4, 0.5) is 0 Å². The summed E-state index contributed by atoms with van der Waals surface area (Å²) >= 11 is 3.56. The number of benzene rings is 1. The fourth-order valence-electron chi connectivity index (χ4n) is 3.08. The summed E-state index contributed by atoms with van der Waals surface area (Å²) in [6.45, 7) is 8.49. The van der Waals surface area contributed by atoms with Gasteiger partial charge in [-0.25, -0.2) is 0 Å². The molecule has 3 N–H and O–H groups in total. The molecule has 26 heavy (non-hydrogen) atoms. The molecule has 0 bridgehead atoms. The highest BCUT2D eigenvalue weighted by molar-refractivity contribution is 9.12. The van der Waals surface area contributed by atoms with Crippen LogP contribution in [0.1, 0.15) is 44.7 Å². The molecule has 2 atom stereocenters. The summed E-state index contributed by atoms with van der Waals surface area (Å²) in [6, 6.07) is 10.7. The van der Waals surface area contributed by atoms with Crippen LogP contribution in [0.2, 0.25) is 0 Å². The first kappa shape index (κ1) is 18.9. The van der Waals surface area contributed by atoms with E-state index in [9.17, 15) is 0 Å². The molecule has 0 aromatic heterocycles. The smallest absolute Gasteiger partial charge is 0.175 e. The van der Waals surface area contributed by atoms with Crippen LogP contribution in [-0.4, -0.2) is 12.5 Å². The van der Waals surface area contributed by atoms with Crippen molar-refractivity contribution in [3.8, 4) is 0 Å². The van der Waals surface area contributed by atoms with E-state index in [-0.39, 0.29) is 12.3 Å². The van der Waals surface area contributed by atoms with Gasteiger partial charge in [0.05, 0.1) is 4.48 Å². The lowest BCUT2D eigenvalue weighted by Gasteiger charge is -2.28. The van der Waals surface area contributed by atoms with Crippen molar-refractivity contribution in [1.82, 2.24) is 16.0 Å². The molecular formula is C21H27BrN4. The normalized spacial score (nSPS) is 21.3. The molecular weight excluding hydrogens is 388 g/mol. The van der Waals surface area contributed by atoms with Gasteiger partial charge in [0, 0.05) is 18.0 Å². The Morgan fingerprint density at radius 2 is 2.12 bits per heavy atom. The highest BCUT2D eigenvalue weighted by atomic mass is 79.9. The second kappa shape index (κ2) is 8.69. The van der Waals surface area contributed by atoms with E-state index in [0.29, 0.717) is 0 Å². The second-order valence-electron chi connectivity index (χ2n) is 6.90. The first-order valence-electron chi connectivity index (χ1n) is 9.21. The Bertz CT molecular complexity index is 732. The maximum absolute atomic E-state index is 4.54. The van der Waals surface area contributed by atoms with E-state index in [1.165, 1.54) is 24.0 Å². The van der Waals surface area contributed by atoms with Gasteiger partial charge in [-0.1, -0.05) is 49.4 Å². The van der Waals surface area contributed by atoms with Crippen molar-refractivity contribution in [3.63, 3.8) is 0 Å². The van der Waals surface area contributed by atoms with Crippen LogP contribution in [0.5, 0.6) is 0 Å². The van der Waals surface area contributed by atoms with Gasteiger partial charge in [-0.3, -0.25) is 10.3 Å². The molecule has 138 valence electrons. The largest absolute Gasteiger partial charge is 0.342 e. The zero-order chi connectivity index (χ0) is 18.5. The Morgan fingerprint density at radius 1 is 1.38 bits per heavy atom. The number of halogens is 1. The molecule has 1 heterocycles. The van der Waals surface area contributed by atoms with Crippen molar-refractivity contribution < 1.29 is 0 Å². The Labute approximate surface area is 164 Å². The van der Waals surface area contributed by atoms with Gasteiger partial charge in [0.2, 0.25) is 0 Å². The minimum absolute atomic E-state index is 0.190. The summed E-state index contributed by atoms with van der Waals surface area (Å²) in [5.41, 5.74) is 3.55. The third kappa shape index (κ3) is 5.08. The lowest BCUT2D eigenvalue weighted by atomic mass is 10.0. The van der Waals surface area contributed by atoms with E-state index in [2.05, 4.69) is 87.6 Å². The molecule has 2 unspecified atom stereocenters. The Balaban J connectivity index is 1.61. The van der Waals surface area contributed by atoms with E-state index in [1.54, 1.807) is 0 Å².